The summed E-state index contributed by atoms with van der Waals surface area (Å²) in [5.74, 6) is -1.36. The maximum absolute atomic E-state index is 14.2. The van der Waals surface area contributed by atoms with Gasteiger partial charge in [-0.2, -0.15) is 5.10 Å². The summed E-state index contributed by atoms with van der Waals surface area (Å²) < 4.78 is 20.6. The van der Waals surface area contributed by atoms with E-state index in [9.17, 15) is 19.4 Å². The fourth-order valence-corrected chi connectivity index (χ4v) is 2.57. The minimum absolute atomic E-state index is 0.0164. The van der Waals surface area contributed by atoms with E-state index in [4.69, 9.17) is 15.6 Å². The first-order valence-electron chi connectivity index (χ1n) is 6.39. The van der Waals surface area contributed by atoms with Gasteiger partial charge in [0, 0.05) is 0 Å². The number of aromatic nitrogens is 3. The van der Waals surface area contributed by atoms with Gasteiger partial charge in [0.2, 0.25) is 0 Å². The molecule has 9 nitrogen and oxygen atoms in total. The molecule has 22 heavy (non-hydrogen) atoms. The van der Waals surface area contributed by atoms with Crippen LogP contribution in [-0.2, 0) is 4.74 Å². The van der Waals surface area contributed by atoms with E-state index in [0.29, 0.717) is 0 Å². The molecular weight excluding hydrogens is 299 g/mol. The zero-order valence-electron chi connectivity index (χ0n) is 11.1. The van der Waals surface area contributed by atoms with Crippen molar-refractivity contribution in [2.75, 3.05) is 12.3 Å². The number of nitrogens with two attached hydrogens (primary N) is 1. The van der Waals surface area contributed by atoms with E-state index in [1.807, 2.05) is 0 Å². The average Bonchev–Trinajstić information content (AvgIpc) is 3.00. The summed E-state index contributed by atoms with van der Waals surface area (Å²) in [4.78, 5) is 15.0. The zero-order chi connectivity index (χ0) is 16.0. The third kappa shape index (κ3) is 2.00. The van der Waals surface area contributed by atoms with Crippen molar-refractivity contribution in [1.29, 1.82) is 0 Å². The molecule has 0 amide bonds. The Morgan fingerprint density at radius 1 is 1.55 bits per heavy atom. The number of aromatic carboxylic acids is 1. The minimum atomic E-state index is -1.84. The Bertz CT molecular complexity index is 736. The second-order valence-electron chi connectivity index (χ2n) is 4.91. The monoisotopic (exact) mass is 312 g/mol. The second kappa shape index (κ2) is 5.16. The maximum Gasteiger partial charge on any atom is 0.338 e. The third-order valence-corrected chi connectivity index (χ3v) is 3.63. The van der Waals surface area contributed by atoms with Gasteiger partial charge in [-0.1, -0.05) is 0 Å². The first-order chi connectivity index (χ1) is 10.5. The van der Waals surface area contributed by atoms with Crippen molar-refractivity contribution >= 4 is 17.3 Å². The molecule has 10 heteroatoms. The van der Waals surface area contributed by atoms with Crippen LogP contribution in [0.15, 0.2) is 12.4 Å². The number of carbonyl (C=O) groups is 1. The van der Waals surface area contributed by atoms with Crippen LogP contribution in [0.3, 0.4) is 0 Å². The molecule has 0 aliphatic carbocycles. The lowest BCUT2D eigenvalue weighted by atomic mass is 10.1. The van der Waals surface area contributed by atoms with Crippen molar-refractivity contribution < 1.29 is 29.2 Å². The van der Waals surface area contributed by atoms with Gasteiger partial charge in [0.15, 0.2) is 12.0 Å². The molecule has 0 aromatic carbocycles. The number of nitrogens with zero attached hydrogens (tertiary/aromatic N) is 3. The molecule has 0 unspecified atom stereocenters. The molecule has 0 bridgehead atoms. The molecule has 2 aromatic heterocycles. The van der Waals surface area contributed by atoms with E-state index in [0.717, 1.165) is 10.8 Å². The average molecular weight is 312 g/mol. The van der Waals surface area contributed by atoms with Gasteiger partial charge < -0.3 is 25.8 Å². The largest absolute Gasteiger partial charge is 0.478 e. The Balaban J connectivity index is 2.16. The normalized spacial score (nSPS) is 28.3. The summed E-state index contributed by atoms with van der Waals surface area (Å²) in [5.41, 5.74) is 5.55. The summed E-state index contributed by atoms with van der Waals surface area (Å²) in [5, 5.41) is 31.9. The predicted molar refractivity (Wildman–Crippen MR) is 70.0 cm³/mol. The molecule has 0 spiro atoms. The van der Waals surface area contributed by atoms with Gasteiger partial charge in [-0.25, -0.2) is 18.7 Å². The number of nitrogen functional groups attached to an aromatic ring is 1. The number of ether oxygens (including phenoxy) is 1. The summed E-state index contributed by atoms with van der Waals surface area (Å²) in [6.07, 6.45) is -4.64. The highest BCUT2D eigenvalue weighted by molar-refractivity contribution is 5.99. The van der Waals surface area contributed by atoms with Gasteiger partial charge in [-0.15, -0.1) is 0 Å². The summed E-state index contributed by atoms with van der Waals surface area (Å²) >= 11 is 0. The fourth-order valence-electron chi connectivity index (χ4n) is 2.57. The maximum atomic E-state index is 14.2. The number of hydrogen-bond donors (Lipinski definition) is 4. The predicted octanol–water partition coefficient (Wildman–Crippen LogP) is -0.859. The number of hydrogen-bond acceptors (Lipinski definition) is 7. The topological polar surface area (TPSA) is 143 Å². The van der Waals surface area contributed by atoms with Gasteiger partial charge in [0.25, 0.3) is 0 Å². The van der Waals surface area contributed by atoms with E-state index < -0.39 is 37.1 Å². The van der Waals surface area contributed by atoms with Crippen molar-refractivity contribution in [1.82, 2.24) is 14.6 Å². The minimum Gasteiger partial charge on any atom is -0.478 e. The van der Waals surface area contributed by atoms with Crippen LogP contribution in [-0.4, -0.2) is 60.9 Å². The Morgan fingerprint density at radius 3 is 2.86 bits per heavy atom. The number of aliphatic hydroxyl groups excluding tert-OH is 2. The van der Waals surface area contributed by atoms with E-state index in [1.54, 1.807) is 0 Å². The number of anilines is 1. The van der Waals surface area contributed by atoms with Crippen LogP contribution in [0.5, 0.6) is 0 Å². The lowest BCUT2D eigenvalue weighted by Gasteiger charge is -2.12. The Kier molecular flexibility index (Phi) is 3.43. The first kappa shape index (κ1) is 14.6. The van der Waals surface area contributed by atoms with E-state index in [-0.39, 0.29) is 22.6 Å². The second-order valence-corrected chi connectivity index (χ2v) is 4.91. The molecule has 0 saturated carbocycles. The highest BCUT2D eigenvalue weighted by Crippen LogP contribution is 2.37. The fraction of sp³-hybridized carbons (Fsp3) is 0.417. The molecule has 3 heterocycles. The summed E-state index contributed by atoms with van der Waals surface area (Å²) in [7, 11) is 0. The molecule has 3 rings (SSSR count). The molecule has 4 atom stereocenters. The van der Waals surface area contributed by atoms with Gasteiger partial charge in [0.1, 0.15) is 30.2 Å². The van der Waals surface area contributed by atoms with Crippen molar-refractivity contribution in [2.45, 2.75) is 24.5 Å². The quantitative estimate of drug-likeness (QED) is 0.573. The molecular formula is C12H13FN4O5. The SMILES string of the molecule is Nc1ncnn2c([C@@H]3O[C@H](CO)[C@@H](O)[C@H]3F)cc(C(=O)O)c12. The molecule has 1 saturated heterocycles. The standard InChI is InChI=1S/C12H13FN4O5/c13-7-9(19)6(2-18)22-10(7)5-1-4(12(20)21)8-11(14)15-3-16-17(5)8/h1,3,6-7,9-10,18-19H,2H2,(H,20,21)(H2,14,15,16)/t6-,7-,9-,10+/m1/s1. The smallest absolute Gasteiger partial charge is 0.338 e. The molecule has 1 aliphatic rings. The third-order valence-electron chi connectivity index (χ3n) is 3.63. The molecule has 0 radical (unpaired) electrons. The number of alkyl halides is 1. The van der Waals surface area contributed by atoms with Crippen LogP contribution in [0.4, 0.5) is 10.2 Å². The highest BCUT2D eigenvalue weighted by atomic mass is 19.1. The van der Waals surface area contributed by atoms with Crippen molar-refractivity contribution in [3.63, 3.8) is 0 Å². The van der Waals surface area contributed by atoms with Crippen LogP contribution in [0.25, 0.3) is 5.52 Å². The lowest BCUT2D eigenvalue weighted by Crippen LogP contribution is -2.30. The number of aliphatic hydroxyl groups is 2. The van der Waals surface area contributed by atoms with Crippen LogP contribution >= 0.6 is 0 Å². The number of carboxylic acids is 1. The van der Waals surface area contributed by atoms with Crippen LogP contribution in [0.2, 0.25) is 0 Å². The Morgan fingerprint density at radius 2 is 2.27 bits per heavy atom. The number of fused-ring (bicyclic) bond motifs is 1. The number of halogens is 1. The van der Waals surface area contributed by atoms with Crippen molar-refractivity contribution in [3.8, 4) is 0 Å². The summed E-state index contributed by atoms with van der Waals surface area (Å²) in [6, 6.07) is 1.17. The van der Waals surface area contributed by atoms with Crippen molar-refractivity contribution in [2.24, 2.45) is 0 Å². The highest BCUT2D eigenvalue weighted by Gasteiger charge is 2.46. The van der Waals surface area contributed by atoms with Gasteiger partial charge >= 0.3 is 5.97 Å². The van der Waals surface area contributed by atoms with E-state index in [2.05, 4.69) is 10.1 Å². The van der Waals surface area contributed by atoms with E-state index in [1.165, 1.54) is 6.07 Å². The van der Waals surface area contributed by atoms with Crippen LogP contribution < -0.4 is 5.73 Å². The van der Waals surface area contributed by atoms with Gasteiger partial charge in [-0.05, 0) is 6.07 Å². The number of carboxylic acid groups (broad SMARTS) is 1. The lowest BCUT2D eigenvalue weighted by molar-refractivity contribution is -0.0241. The van der Waals surface area contributed by atoms with Crippen molar-refractivity contribution in [3.05, 3.63) is 23.7 Å². The van der Waals surface area contributed by atoms with Gasteiger partial charge in [0.05, 0.1) is 17.9 Å². The first-order valence-corrected chi connectivity index (χ1v) is 6.39. The van der Waals surface area contributed by atoms with E-state index >= 15 is 0 Å². The molecule has 118 valence electrons. The van der Waals surface area contributed by atoms with Crippen LogP contribution in [0, 0.1) is 0 Å². The molecule has 1 aliphatic heterocycles. The summed E-state index contributed by atoms with van der Waals surface area (Å²) in [6.45, 7) is -0.565. The Labute approximate surface area is 122 Å². The molecule has 5 N–H and O–H groups in total. The molecule has 2 aromatic rings. The molecule has 1 fully saturated rings. The van der Waals surface area contributed by atoms with Gasteiger partial charge in [-0.3, -0.25) is 0 Å². The Hall–Kier alpha value is -2.30. The number of rotatable bonds is 3. The zero-order valence-corrected chi connectivity index (χ0v) is 11.1. The van der Waals surface area contributed by atoms with Crippen LogP contribution in [0.1, 0.15) is 22.2 Å².